The summed E-state index contributed by atoms with van der Waals surface area (Å²) < 4.78 is 10.3. The van der Waals surface area contributed by atoms with E-state index < -0.39 is 11.9 Å². The van der Waals surface area contributed by atoms with Crippen LogP contribution < -0.4 is 4.74 Å². The Labute approximate surface area is 106 Å². The Kier molecular flexibility index (Phi) is 3.65. The Morgan fingerprint density at radius 2 is 2.22 bits per heavy atom. The lowest BCUT2D eigenvalue weighted by molar-refractivity contribution is -0.146. The highest BCUT2D eigenvalue weighted by Gasteiger charge is 2.38. The summed E-state index contributed by atoms with van der Waals surface area (Å²) in [5.74, 6) is -0.639. The average Bonchev–Trinajstić information content (AvgIpc) is 2.73. The third-order valence-electron chi connectivity index (χ3n) is 3.08. The highest BCUT2D eigenvalue weighted by molar-refractivity contribution is 6.12. The SMILES string of the molecule is CCCOC(=O)C1Cc2c(OC)cccc2C1=O. The molecule has 0 heterocycles. The van der Waals surface area contributed by atoms with E-state index in [0.29, 0.717) is 24.3 Å². The van der Waals surface area contributed by atoms with E-state index in [1.807, 2.05) is 6.92 Å². The van der Waals surface area contributed by atoms with Crippen molar-refractivity contribution in [2.24, 2.45) is 5.92 Å². The molecule has 4 heteroatoms. The molecule has 0 bridgehead atoms. The lowest BCUT2D eigenvalue weighted by Gasteiger charge is -2.07. The molecule has 18 heavy (non-hydrogen) atoms. The molecule has 1 aromatic carbocycles. The maximum absolute atomic E-state index is 12.1. The van der Waals surface area contributed by atoms with Gasteiger partial charge in [-0.05, 0) is 18.9 Å². The van der Waals surface area contributed by atoms with E-state index in [0.717, 1.165) is 12.0 Å². The third-order valence-corrected chi connectivity index (χ3v) is 3.08. The highest BCUT2D eigenvalue weighted by Crippen LogP contribution is 2.34. The van der Waals surface area contributed by atoms with Gasteiger partial charge in [-0.25, -0.2) is 0 Å². The molecule has 1 aliphatic rings. The molecule has 1 aliphatic carbocycles. The summed E-state index contributed by atoms with van der Waals surface area (Å²) in [6.07, 6.45) is 1.13. The van der Waals surface area contributed by atoms with Crippen molar-refractivity contribution in [2.75, 3.05) is 13.7 Å². The number of esters is 1. The van der Waals surface area contributed by atoms with Crippen LogP contribution in [0.25, 0.3) is 0 Å². The molecular weight excluding hydrogens is 232 g/mol. The van der Waals surface area contributed by atoms with Gasteiger partial charge in [0, 0.05) is 11.1 Å². The Morgan fingerprint density at radius 3 is 2.89 bits per heavy atom. The Morgan fingerprint density at radius 1 is 1.44 bits per heavy atom. The second-order valence-electron chi connectivity index (χ2n) is 4.27. The monoisotopic (exact) mass is 248 g/mol. The predicted octanol–water partition coefficient (Wildman–Crippen LogP) is 2.00. The van der Waals surface area contributed by atoms with Crippen LogP contribution in [0.1, 0.15) is 29.3 Å². The van der Waals surface area contributed by atoms with Gasteiger partial charge in [-0.2, -0.15) is 0 Å². The minimum absolute atomic E-state index is 0.162. The van der Waals surface area contributed by atoms with E-state index in [-0.39, 0.29) is 5.78 Å². The minimum atomic E-state index is -0.706. The summed E-state index contributed by atoms with van der Waals surface area (Å²) in [7, 11) is 1.56. The first-order valence-corrected chi connectivity index (χ1v) is 6.05. The summed E-state index contributed by atoms with van der Waals surface area (Å²) >= 11 is 0. The first-order valence-electron chi connectivity index (χ1n) is 6.05. The summed E-state index contributed by atoms with van der Waals surface area (Å²) in [5.41, 5.74) is 1.39. The van der Waals surface area contributed by atoms with Crippen molar-refractivity contribution in [3.63, 3.8) is 0 Å². The van der Waals surface area contributed by atoms with Gasteiger partial charge >= 0.3 is 5.97 Å². The first-order chi connectivity index (χ1) is 8.69. The molecule has 0 amide bonds. The second kappa shape index (κ2) is 5.21. The predicted molar refractivity (Wildman–Crippen MR) is 65.8 cm³/mol. The van der Waals surface area contributed by atoms with Gasteiger partial charge in [-0.1, -0.05) is 19.1 Å². The molecule has 96 valence electrons. The van der Waals surface area contributed by atoms with Crippen LogP contribution in [0.2, 0.25) is 0 Å². The number of carbonyl (C=O) groups is 2. The Balaban J connectivity index is 2.22. The number of fused-ring (bicyclic) bond motifs is 1. The largest absolute Gasteiger partial charge is 0.496 e. The maximum Gasteiger partial charge on any atom is 0.317 e. The zero-order valence-corrected chi connectivity index (χ0v) is 10.6. The molecule has 0 N–H and O–H groups in total. The van der Waals surface area contributed by atoms with Crippen LogP contribution in [-0.2, 0) is 16.0 Å². The molecule has 0 radical (unpaired) electrons. The number of hydrogen-bond donors (Lipinski definition) is 0. The van der Waals surface area contributed by atoms with Crippen LogP contribution in [-0.4, -0.2) is 25.5 Å². The fourth-order valence-electron chi connectivity index (χ4n) is 2.18. The zero-order valence-electron chi connectivity index (χ0n) is 10.6. The number of ketones is 1. The van der Waals surface area contributed by atoms with Crippen LogP contribution >= 0.6 is 0 Å². The molecule has 0 aromatic heterocycles. The van der Waals surface area contributed by atoms with Crippen molar-refractivity contribution in [2.45, 2.75) is 19.8 Å². The van der Waals surface area contributed by atoms with Crippen molar-refractivity contribution in [1.82, 2.24) is 0 Å². The number of Topliss-reactive ketones (excluding diaryl/α,β-unsaturated/α-hetero) is 1. The van der Waals surface area contributed by atoms with Crippen LogP contribution in [0.4, 0.5) is 0 Å². The molecule has 1 unspecified atom stereocenters. The molecule has 0 saturated carbocycles. The molecule has 0 spiro atoms. The molecule has 1 aromatic rings. The van der Waals surface area contributed by atoms with Crippen LogP contribution in [0, 0.1) is 5.92 Å². The zero-order chi connectivity index (χ0) is 13.1. The molecular formula is C14H16O4. The smallest absolute Gasteiger partial charge is 0.317 e. The van der Waals surface area contributed by atoms with Gasteiger partial charge in [-0.3, -0.25) is 9.59 Å². The number of hydrogen-bond acceptors (Lipinski definition) is 4. The van der Waals surface area contributed by atoms with E-state index in [1.165, 1.54) is 0 Å². The van der Waals surface area contributed by atoms with Gasteiger partial charge in [0.1, 0.15) is 11.7 Å². The van der Waals surface area contributed by atoms with E-state index in [9.17, 15) is 9.59 Å². The molecule has 0 fully saturated rings. The summed E-state index contributed by atoms with van der Waals surface area (Å²) in [5, 5.41) is 0. The van der Waals surface area contributed by atoms with E-state index in [1.54, 1.807) is 25.3 Å². The number of rotatable bonds is 4. The third kappa shape index (κ3) is 2.10. The fraction of sp³-hybridized carbons (Fsp3) is 0.429. The van der Waals surface area contributed by atoms with Crippen molar-refractivity contribution >= 4 is 11.8 Å². The van der Waals surface area contributed by atoms with Gasteiger partial charge in [0.05, 0.1) is 13.7 Å². The Hall–Kier alpha value is -1.84. The van der Waals surface area contributed by atoms with Crippen molar-refractivity contribution in [1.29, 1.82) is 0 Å². The van der Waals surface area contributed by atoms with Gasteiger partial charge in [0.2, 0.25) is 0 Å². The lowest BCUT2D eigenvalue weighted by atomic mass is 10.1. The van der Waals surface area contributed by atoms with Gasteiger partial charge in [0.15, 0.2) is 5.78 Å². The van der Waals surface area contributed by atoms with Crippen LogP contribution in [0.3, 0.4) is 0 Å². The van der Waals surface area contributed by atoms with Gasteiger partial charge < -0.3 is 9.47 Å². The number of carbonyl (C=O) groups excluding carboxylic acids is 2. The van der Waals surface area contributed by atoms with Gasteiger partial charge in [0.25, 0.3) is 0 Å². The number of ether oxygens (including phenoxy) is 2. The Bertz CT molecular complexity index is 479. The molecule has 4 nitrogen and oxygen atoms in total. The maximum atomic E-state index is 12.1. The normalized spacial score (nSPS) is 17.4. The highest BCUT2D eigenvalue weighted by atomic mass is 16.5. The lowest BCUT2D eigenvalue weighted by Crippen LogP contribution is -2.23. The summed E-state index contributed by atoms with van der Waals surface area (Å²) in [6.45, 7) is 2.28. The van der Waals surface area contributed by atoms with Crippen molar-refractivity contribution in [3.8, 4) is 5.75 Å². The topological polar surface area (TPSA) is 52.6 Å². The molecule has 1 atom stereocenters. The molecule has 0 aliphatic heterocycles. The van der Waals surface area contributed by atoms with Crippen molar-refractivity contribution in [3.05, 3.63) is 29.3 Å². The first kappa shape index (κ1) is 12.6. The number of benzene rings is 1. The van der Waals surface area contributed by atoms with E-state index in [4.69, 9.17) is 9.47 Å². The minimum Gasteiger partial charge on any atom is -0.496 e. The van der Waals surface area contributed by atoms with Crippen LogP contribution in [0.5, 0.6) is 5.75 Å². The summed E-state index contributed by atoms with van der Waals surface area (Å²) in [6, 6.07) is 5.29. The van der Waals surface area contributed by atoms with Crippen LogP contribution in [0.15, 0.2) is 18.2 Å². The summed E-state index contributed by atoms with van der Waals surface area (Å²) in [4.78, 5) is 23.9. The molecule has 0 saturated heterocycles. The standard InChI is InChI=1S/C14H16O4/c1-3-7-18-14(16)11-8-10-9(13(11)15)5-4-6-12(10)17-2/h4-6,11H,3,7-8H2,1-2H3. The van der Waals surface area contributed by atoms with E-state index in [2.05, 4.69) is 0 Å². The number of methoxy groups -OCH3 is 1. The average molecular weight is 248 g/mol. The second-order valence-corrected chi connectivity index (χ2v) is 4.27. The van der Waals surface area contributed by atoms with Crippen molar-refractivity contribution < 1.29 is 19.1 Å². The van der Waals surface area contributed by atoms with E-state index >= 15 is 0 Å². The molecule has 2 rings (SSSR count). The fourth-order valence-corrected chi connectivity index (χ4v) is 2.18. The van der Waals surface area contributed by atoms with Gasteiger partial charge in [-0.15, -0.1) is 0 Å². The quantitative estimate of drug-likeness (QED) is 0.604.